The van der Waals surface area contributed by atoms with E-state index in [1.54, 1.807) is 0 Å². The third-order valence-electron chi connectivity index (χ3n) is 3.19. The molecule has 3 heteroatoms. The second kappa shape index (κ2) is 4.11. The molecule has 86 valence electrons. The lowest BCUT2D eigenvalue weighted by Gasteiger charge is -2.08. The summed E-state index contributed by atoms with van der Waals surface area (Å²) in [6, 6.07) is 4.02. The Labute approximate surface area is 101 Å². The molecule has 0 aliphatic carbocycles. The van der Waals surface area contributed by atoms with Gasteiger partial charge in [0.2, 0.25) is 0 Å². The number of fused-ring (bicyclic) bond motifs is 1. The van der Waals surface area contributed by atoms with E-state index >= 15 is 0 Å². The fourth-order valence-electron chi connectivity index (χ4n) is 2.24. The summed E-state index contributed by atoms with van der Waals surface area (Å²) < 4.78 is 2.14. The molecule has 0 amide bonds. The van der Waals surface area contributed by atoms with Crippen molar-refractivity contribution in [2.24, 2.45) is 12.8 Å². The summed E-state index contributed by atoms with van der Waals surface area (Å²) in [4.78, 5) is 0. The molecule has 1 aromatic heterocycles. The molecule has 0 spiro atoms. The minimum atomic E-state index is 0.336. The Kier molecular flexibility index (Phi) is 2.96. The average molecular weight is 237 g/mol. The molecule has 1 aromatic carbocycles. The molecular weight excluding hydrogens is 220 g/mol. The van der Waals surface area contributed by atoms with Gasteiger partial charge < -0.3 is 10.3 Å². The van der Waals surface area contributed by atoms with E-state index in [0.29, 0.717) is 12.5 Å². The van der Waals surface area contributed by atoms with Crippen LogP contribution in [0.25, 0.3) is 10.9 Å². The van der Waals surface area contributed by atoms with Crippen LogP contribution < -0.4 is 5.73 Å². The number of benzene rings is 1. The number of hydrogen-bond acceptors (Lipinski definition) is 1. The van der Waals surface area contributed by atoms with Crippen molar-refractivity contribution in [1.29, 1.82) is 0 Å². The Hall–Kier alpha value is -0.990. The topological polar surface area (TPSA) is 30.9 Å². The molecular formula is C13H17ClN2. The zero-order valence-electron chi connectivity index (χ0n) is 9.92. The van der Waals surface area contributed by atoms with Gasteiger partial charge in [0.25, 0.3) is 0 Å². The van der Waals surface area contributed by atoms with Gasteiger partial charge in [0.05, 0.1) is 10.5 Å². The third kappa shape index (κ3) is 1.62. The predicted molar refractivity (Wildman–Crippen MR) is 70.1 cm³/mol. The second-order valence-electron chi connectivity index (χ2n) is 4.42. The average Bonchev–Trinajstić information content (AvgIpc) is 2.62. The van der Waals surface area contributed by atoms with Gasteiger partial charge in [-0.2, -0.15) is 0 Å². The van der Waals surface area contributed by atoms with Crippen molar-refractivity contribution in [2.45, 2.75) is 19.8 Å². The van der Waals surface area contributed by atoms with Crippen LogP contribution in [-0.2, 0) is 7.05 Å². The fraction of sp³-hybridized carbons (Fsp3) is 0.385. The van der Waals surface area contributed by atoms with E-state index in [-0.39, 0.29) is 0 Å². The molecule has 1 heterocycles. The van der Waals surface area contributed by atoms with Gasteiger partial charge in [-0.3, -0.25) is 0 Å². The lowest BCUT2D eigenvalue weighted by atomic mass is 10.00. The highest BCUT2D eigenvalue weighted by molar-refractivity contribution is 6.35. The van der Waals surface area contributed by atoms with Crippen LogP contribution in [0.5, 0.6) is 0 Å². The quantitative estimate of drug-likeness (QED) is 0.853. The Balaban J connectivity index is 2.82. The van der Waals surface area contributed by atoms with Crippen molar-refractivity contribution < 1.29 is 0 Å². The first-order chi connectivity index (χ1) is 7.56. The van der Waals surface area contributed by atoms with Crippen molar-refractivity contribution >= 4 is 22.5 Å². The van der Waals surface area contributed by atoms with E-state index < -0.39 is 0 Å². The SMILES string of the molecule is Cc1ccc(Cl)c2c(C(C)CN)cn(C)c12. The van der Waals surface area contributed by atoms with Crippen LogP contribution in [-0.4, -0.2) is 11.1 Å². The van der Waals surface area contributed by atoms with Gasteiger partial charge in [0.15, 0.2) is 0 Å². The molecule has 0 aliphatic rings. The Bertz CT molecular complexity index is 528. The first-order valence-electron chi connectivity index (χ1n) is 5.50. The van der Waals surface area contributed by atoms with Crippen LogP contribution in [0, 0.1) is 6.92 Å². The molecule has 1 unspecified atom stereocenters. The Morgan fingerprint density at radius 2 is 2.12 bits per heavy atom. The van der Waals surface area contributed by atoms with Gasteiger partial charge in [0.1, 0.15) is 0 Å². The summed E-state index contributed by atoms with van der Waals surface area (Å²) in [6.07, 6.45) is 2.14. The molecule has 0 saturated carbocycles. The van der Waals surface area contributed by atoms with E-state index in [2.05, 4.69) is 37.7 Å². The lowest BCUT2D eigenvalue weighted by Crippen LogP contribution is -2.08. The van der Waals surface area contributed by atoms with E-state index in [9.17, 15) is 0 Å². The first-order valence-corrected chi connectivity index (χ1v) is 5.88. The highest BCUT2D eigenvalue weighted by Gasteiger charge is 2.15. The van der Waals surface area contributed by atoms with Gasteiger partial charge in [-0.1, -0.05) is 24.6 Å². The number of nitrogens with zero attached hydrogens (tertiary/aromatic N) is 1. The summed E-state index contributed by atoms with van der Waals surface area (Å²) in [6.45, 7) is 4.88. The summed E-state index contributed by atoms with van der Waals surface area (Å²) in [5.41, 5.74) is 9.44. The van der Waals surface area contributed by atoms with Crippen molar-refractivity contribution in [1.82, 2.24) is 4.57 Å². The molecule has 1 atom stereocenters. The summed E-state index contributed by atoms with van der Waals surface area (Å²) in [5, 5.41) is 1.97. The fourth-order valence-corrected chi connectivity index (χ4v) is 2.50. The number of halogens is 1. The maximum atomic E-state index is 6.29. The zero-order valence-corrected chi connectivity index (χ0v) is 10.7. The zero-order chi connectivity index (χ0) is 11.9. The van der Waals surface area contributed by atoms with Crippen molar-refractivity contribution in [3.8, 4) is 0 Å². The smallest absolute Gasteiger partial charge is 0.0525 e. The van der Waals surface area contributed by atoms with Crippen LogP contribution in [0.2, 0.25) is 5.02 Å². The molecule has 2 nitrogen and oxygen atoms in total. The number of rotatable bonds is 2. The number of aromatic nitrogens is 1. The Morgan fingerprint density at radius 3 is 2.75 bits per heavy atom. The number of nitrogens with two attached hydrogens (primary N) is 1. The first kappa shape index (κ1) is 11.5. The standard InChI is InChI=1S/C13H17ClN2/c1-8-4-5-11(14)12-10(9(2)6-15)7-16(3)13(8)12/h4-5,7,9H,6,15H2,1-3H3. The molecule has 0 saturated heterocycles. The molecule has 2 rings (SSSR count). The minimum absolute atomic E-state index is 0.336. The van der Waals surface area contributed by atoms with Gasteiger partial charge in [-0.15, -0.1) is 0 Å². The normalized spacial score (nSPS) is 13.3. The van der Waals surface area contributed by atoms with Crippen LogP contribution in [0.4, 0.5) is 0 Å². The van der Waals surface area contributed by atoms with Crippen LogP contribution in [0.1, 0.15) is 24.0 Å². The second-order valence-corrected chi connectivity index (χ2v) is 4.83. The highest BCUT2D eigenvalue weighted by atomic mass is 35.5. The number of aryl methyl sites for hydroxylation is 2. The summed E-state index contributed by atoms with van der Waals surface area (Å²) >= 11 is 6.29. The van der Waals surface area contributed by atoms with Crippen molar-refractivity contribution in [3.63, 3.8) is 0 Å². The lowest BCUT2D eigenvalue weighted by molar-refractivity contribution is 0.774. The molecule has 16 heavy (non-hydrogen) atoms. The van der Waals surface area contributed by atoms with Crippen LogP contribution in [0.3, 0.4) is 0 Å². The van der Waals surface area contributed by atoms with E-state index in [1.807, 2.05) is 6.07 Å². The van der Waals surface area contributed by atoms with Crippen LogP contribution >= 0.6 is 11.6 Å². The highest BCUT2D eigenvalue weighted by Crippen LogP contribution is 2.34. The monoisotopic (exact) mass is 236 g/mol. The molecule has 0 aliphatic heterocycles. The summed E-state index contributed by atoms with van der Waals surface area (Å²) in [7, 11) is 2.05. The molecule has 2 N–H and O–H groups in total. The van der Waals surface area contributed by atoms with E-state index in [1.165, 1.54) is 16.6 Å². The van der Waals surface area contributed by atoms with Gasteiger partial charge in [-0.25, -0.2) is 0 Å². The van der Waals surface area contributed by atoms with Gasteiger partial charge >= 0.3 is 0 Å². The van der Waals surface area contributed by atoms with E-state index in [0.717, 1.165) is 10.4 Å². The van der Waals surface area contributed by atoms with Gasteiger partial charge in [-0.05, 0) is 36.6 Å². The minimum Gasteiger partial charge on any atom is -0.350 e. The van der Waals surface area contributed by atoms with Crippen molar-refractivity contribution in [2.75, 3.05) is 6.54 Å². The molecule has 0 bridgehead atoms. The van der Waals surface area contributed by atoms with E-state index in [4.69, 9.17) is 17.3 Å². The van der Waals surface area contributed by atoms with Crippen LogP contribution in [0.15, 0.2) is 18.3 Å². The summed E-state index contributed by atoms with van der Waals surface area (Å²) in [5.74, 6) is 0.336. The third-order valence-corrected chi connectivity index (χ3v) is 3.50. The molecule has 2 aromatic rings. The predicted octanol–water partition coefficient (Wildman–Crippen LogP) is 3.20. The largest absolute Gasteiger partial charge is 0.350 e. The molecule has 0 radical (unpaired) electrons. The maximum absolute atomic E-state index is 6.29. The van der Waals surface area contributed by atoms with Crippen molar-refractivity contribution in [3.05, 3.63) is 34.5 Å². The number of hydrogen-bond donors (Lipinski definition) is 1. The van der Waals surface area contributed by atoms with Gasteiger partial charge in [0, 0.05) is 18.6 Å². The molecule has 0 fully saturated rings. The Morgan fingerprint density at radius 1 is 1.44 bits per heavy atom. The maximum Gasteiger partial charge on any atom is 0.0525 e.